The standard InChI is InChI=1S/C19H21NO/c20-13-18-6-2-1-5-16(18)12-19(21)17-10-4-9-15(11-17)14-7-3-8-14/h1-2,4-6,9-11,14H,3,7-8,12-13,20H2. The van der Waals surface area contributed by atoms with Gasteiger partial charge >= 0.3 is 0 Å². The monoisotopic (exact) mass is 279 g/mol. The normalized spacial score (nSPS) is 14.7. The predicted octanol–water partition coefficient (Wildman–Crippen LogP) is 3.84. The summed E-state index contributed by atoms with van der Waals surface area (Å²) in [5, 5.41) is 0. The van der Waals surface area contributed by atoms with Crippen molar-refractivity contribution in [2.45, 2.75) is 38.1 Å². The van der Waals surface area contributed by atoms with Crippen molar-refractivity contribution in [3.8, 4) is 0 Å². The average Bonchev–Trinajstić information content (AvgIpc) is 2.46. The molecule has 0 aromatic heterocycles. The molecule has 1 saturated carbocycles. The predicted molar refractivity (Wildman–Crippen MR) is 85.4 cm³/mol. The van der Waals surface area contributed by atoms with E-state index in [4.69, 9.17) is 5.73 Å². The van der Waals surface area contributed by atoms with Crippen LogP contribution in [0.25, 0.3) is 0 Å². The Kier molecular flexibility index (Phi) is 4.16. The van der Waals surface area contributed by atoms with Crippen LogP contribution >= 0.6 is 0 Å². The first-order chi connectivity index (χ1) is 10.3. The summed E-state index contributed by atoms with van der Waals surface area (Å²) in [7, 11) is 0. The van der Waals surface area contributed by atoms with Crippen LogP contribution in [0, 0.1) is 0 Å². The van der Waals surface area contributed by atoms with E-state index in [2.05, 4.69) is 12.1 Å². The summed E-state index contributed by atoms with van der Waals surface area (Å²) in [5.74, 6) is 0.839. The van der Waals surface area contributed by atoms with Crippen LogP contribution in [-0.2, 0) is 13.0 Å². The third kappa shape index (κ3) is 3.06. The summed E-state index contributed by atoms with van der Waals surface area (Å²) in [6, 6.07) is 16.1. The van der Waals surface area contributed by atoms with Crippen LogP contribution in [0.15, 0.2) is 48.5 Å². The van der Waals surface area contributed by atoms with Gasteiger partial charge in [0.1, 0.15) is 0 Å². The second-order valence-corrected chi connectivity index (χ2v) is 5.83. The molecule has 2 heteroatoms. The zero-order chi connectivity index (χ0) is 14.7. The van der Waals surface area contributed by atoms with E-state index in [-0.39, 0.29) is 5.78 Å². The molecule has 0 saturated heterocycles. The van der Waals surface area contributed by atoms with Crippen molar-refractivity contribution in [3.63, 3.8) is 0 Å². The summed E-state index contributed by atoms with van der Waals surface area (Å²) in [6.45, 7) is 0.478. The number of Topliss-reactive ketones (excluding diaryl/α,β-unsaturated/α-hetero) is 1. The van der Waals surface area contributed by atoms with Gasteiger partial charge in [-0.05, 0) is 41.5 Å². The third-order valence-corrected chi connectivity index (χ3v) is 4.47. The highest BCUT2D eigenvalue weighted by molar-refractivity contribution is 5.97. The van der Waals surface area contributed by atoms with E-state index in [0.29, 0.717) is 18.9 Å². The molecular formula is C19H21NO. The topological polar surface area (TPSA) is 43.1 Å². The Morgan fingerprint density at radius 2 is 1.81 bits per heavy atom. The minimum Gasteiger partial charge on any atom is -0.326 e. The minimum atomic E-state index is 0.178. The summed E-state index contributed by atoms with van der Waals surface area (Å²) in [5.41, 5.74) is 9.98. The van der Waals surface area contributed by atoms with Crippen molar-refractivity contribution in [2.24, 2.45) is 5.73 Å². The van der Waals surface area contributed by atoms with Gasteiger partial charge in [-0.2, -0.15) is 0 Å². The second-order valence-electron chi connectivity index (χ2n) is 5.83. The third-order valence-electron chi connectivity index (χ3n) is 4.47. The van der Waals surface area contributed by atoms with Crippen LogP contribution in [-0.4, -0.2) is 5.78 Å². The van der Waals surface area contributed by atoms with Gasteiger partial charge in [0.2, 0.25) is 0 Å². The molecule has 2 aromatic rings. The van der Waals surface area contributed by atoms with Crippen LogP contribution in [0.4, 0.5) is 0 Å². The summed E-state index contributed by atoms with van der Waals surface area (Å²) in [6.07, 6.45) is 4.26. The van der Waals surface area contributed by atoms with Gasteiger partial charge in [0.15, 0.2) is 5.78 Å². The van der Waals surface area contributed by atoms with Crippen LogP contribution in [0.5, 0.6) is 0 Å². The van der Waals surface area contributed by atoms with Crippen molar-refractivity contribution >= 4 is 5.78 Å². The Bertz CT molecular complexity index is 644. The van der Waals surface area contributed by atoms with E-state index in [9.17, 15) is 4.79 Å². The van der Waals surface area contributed by atoms with E-state index in [1.165, 1.54) is 24.8 Å². The number of carbonyl (C=O) groups is 1. The van der Waals surface area contributed by atoms with Crippen LogP contribution < -0.4 is 5.73 Å². The van der Waals surface area contributed by atoms with Gasteiger partial charge in [0.25, 0.3) is 0 Å². The van der Waals surface area contributed by atoms with Gasteiger partial charge in [0, 0.05) is 18.5 Å². The molecule has 1 aliphatic rings. The molecule has 2 aromatic carbocycles. The van der Waals surface area contributed by atoms with Gasteiger partial charge in [0.05, 0.1) is 0 Å². The maximum Gasteiger partial charge on any atom is 0.167 e. The SMILES string of the molecule is NCc1ccccc1CC(=O)c1cccc(C2CCC2)c1. The first-order valence-corrected chi connectivity index (χ1v) is 7.68. The lowest BCUT2D eigenvalue weighted by atomic mass is 9.79. The second kappa shape index (κ2) is 6.23. The number of benzene rings is 2. The molecule has 0 aliphatic heterocycles. The molecule has 21 heavy (non-hydrogen) atoms. The fraction of sp³-hybridized carbons (Fsp3) is 0.316. The molecule has 0 heterocycles. The van der Waals surface area contributed by atoms with E-state index in [1.807, 2.05) is 36.4 Å². The van der Waals surface area contributed by atoms with Crippen LogP contribution in [0.3, 0.4) is 0 Å². The number of nitrogens with two attached hydrogens (primary N) is 1. The molecular weight excluding hydrogens is 258 g/mol. The highest BCUT2D eigenvalue weighted by Crippen LogP contribution is 2.36. The smallest absolute Gasteiger partial charge is 0.167 e. The van der Waals surface area contributed by atoms with Gasteiger partial charge in [-0.15, -0.1) is 0 Å². The van der Waals surface area contributed by atoms with Crippen molar-refractivity contribution in [1.82, 2.24) is 0 Å². The molecule has 108 valence electrons. The lowest BCUT2D eigenvalue weighted by Gasteiger charge is -2.26. The maximum atomic E-state index is 12.5. The lowest BCUT2D eigenvalue weighted by molar-refractivity contribution is 0.0992. The Morgan fingerprint density at radius 3 is 2.48 bits per heavy atom. The molecule has 0 radical (unpaired) electrons. The Hall–Kier alpha value is -1.93. The Morgan fingerprint density at radius 1 is 1.05 bits per heavy atom. The first kappa shape index (κ1) is 14.0. The van der Waals surface area contributed by atoms with E-state index in [0.717, 1.165) is 16.7 Å². The summed E-state index contributed by atoms with van der Waals surface area (Å²) < 4.78 is 0. The largest absolute Gasteiger partial charge is 0.326 e. The molecule has 0 unspecified atom stereocenters. The Balaban J connectivity index is 1.78. The van der Waals surface area contributed by atoms with Crippen LogP contribution in [0.1, 0.15) is 52.2 Å². The maximum absolute atomic E-state index is 12.5. The number of hydrogen-bond acceptors (Lipinski definition) is 2. The average molecular weight is 279 g/mol. The fourth-order valence-corrected chi connectivity index (χ4v) is 2.91. The molecule has 0 amide bonds. The lowest BCUT2D eigenvalue weighted by Crippen LogP contribution is -2.11. The van der Waals surface area contributed by atoms with E-state index < -0.39 is 0 Å². The van der Waals surface area contributed by atoms with Gasteiger partial charge in [-0.1, -0.05) is 48.9 Å². The molecule has 0 atom stereocenters. The van der Waals surface area contributed by atoms with Crippen molar-refractivity contribution < 1.29 is 4.79 Å². The molecule has 1 fully saturated rings. The number of ketones is 1. The Labute approximate surface area is 126 Å². The van der Waals surface area contributed by atoms with Crippen molar-refractivity contribution in [2.75, 3.05) is 0 Å². The van der Waals surface area contributed by atoms with Gasteiger partial charge in [-0.3, -0.25) is 4.79 Å². The molecule has 0 bridgehead atoms. The highest BCUT2D eigenvalue weighted by Gasteiger charge is 2.20. The molecule has 2 nitrogen and oxygen atoms in total. The number of carbonyl (C=O) groups excluding carboxylic acids is 1. The van der Waals surface area contributed by atoms with Gasteiger partial charge in [-0.25, -0.2) is 0 Å². The zero-order valence-corrected chi connectivity index (χ0v) is 12.2. The summed E-state index contributed by atoms with van der Waals surface area (Å²) in [4.78, 5) is 12.5. The van der Waals surface area contributed by atoms with E-state index in [1.54, 1.807) is 0 Å². The van der Waals surface area contributed by atoms with Crippen molar-refractivity contribution in [3.05, 3.63) is 70.8 Å². The van der Waals surface area contributed by atoms with E-state index >= 15 is 0 Å². The summed E-state index contributed by atoms with van der Waals surface area (Å²) >= 11 is 0. The van der Waals surface area contributed by atoms with Gasteiger partial charge < -0.3 is 5.73 Å². The molecule has 3 rings (SSSR count). The number of hydrogen-bond donors (Lipinski definition) is 1. The molecule has 1 aliphatic carbocycles. The quantitative estimate of drug-likeness (QED) is 0.845. The number of rotatable bonds is 5. The highest BCUT2D eigenvalue weighted by atomic mass is 16.1. The van der Waals surface area contributed by atoms with Crippen LogP contribution in [0.2, 0.25) is 0 Å². The molecule has 2 N–H and O–H groups in total. The van der Waals surface area contributed by atoms with Crippen molar-refractivity contribution in [1.29, 1.82) is 0 Å². The zero-order valence-electron chi connectivity index (χ0n) is 12.2. The fourth-order valence-electron chi connectivity index (χ4n) is 2.91. The molecule has 0 spiro atoms. The minimum absolute atomic E-state index is 0.178. The first-order valence-electron chi connectivity index (χ1n) is 7.68.